The van der Waals surface area contributed by atoms with Crippen molar-refractivity contribution < 1.29 is 4.74 Å². The topological polar surface area (TPSA) is 21.3 Å². The van der Waals surface area contributed by atoms with Gasteiger partial charge in [-0.2, -0.15) is 0 Å². The van der Waals surface area contributed by atoms with Crippen molar-refractivity contribution in [2.24, 2.45) is 11.8 Å². The highest BCUT2D eigenvalue weighted by Gasteiger charge is 2.34. The fraction of sp³-hybridized carbons (Fsp3) is 1.00. The van der Waals surface area contributed by atoms with Crippen LogP contribution in [0, 0.1) is 11.8 Å². The van der Waals surface area contributed by atoms with Crippen molar-refractivity contribution in [1.29, 1.82) is 0 Å². The minimum absolute atomic E-state index is 0.632. The molecule has 0 bridgehead atoms. The highest BCUT2D eigenvalue weighted by Crippen LogP contribution is 2.36. The van der Waals surface area contributed by atoms with Gasteiger partial charge in [-0.15, -0.1) is 0 Å². The van der Waals surface area contributed by atoms with Gasteiger partial charge < -0.3 is 10.1 Å². The zero-order chi connectivity index (χ0) is 9.26. The number of ether oxygens (including phenoxy) is 1. The largest absolute Gasteiger partial charge is 0.380 e. The van der Waals surface area contributed by atoms with Crippen LogP contribution in [0.3, 0.4) is 0 Å². The Hall–Kier alpha value is -0.0800. The summed E-state index contributed by atoms with van der Waals surface area (Å²) in [6.07, 6.45) is 4.07. The van der Waals surface area contributed by atoms with E-state index in [4.69, 9.17) is 4.74 Å². The number of rotatable bonds is 4. The lowest BCUT2D eigenvalue weighted by Crippen LogP contribution is -2.43. The van der Waals surface area contributed by atoms with E-state index in [-0.39, 0.29) is 0 Å². The van der Waals surface area contributed by atoms with Crippen LogP contribution in [-0.4, -0.2) is 25.3 Å². The van der Waals surface area contributed by atoms with Gasteiger partial charge in [-0.3, -0.25) is 0 Å². The van der Waals surface area contributed by atoms with E-state index < -0.39 is 0 Å². The molecule has 2 unspecified atom stereocenters. The summed E-state index contributed by atoms with van der Waals surface area (Å²) in [5, 5.41) is 3.75. The van der Waals surface area contributed by atoms with E-state index in [1.54, 1.807) is 0 Å². The first-order valence-corrected chi connectivity index (χ1v) is 5.61. The molecule has 0 radical (unpaired) electrons. The lowest BCUT2D eigenvalue weighted by Gasteiger charge is -2.25. The van der Waals surface area contributed by atoms with Gasteiger partial charge in [0.15, 0.2) is 0 Å². The predicted octanol–water partition coefficient (Wildman–Crippen LogP) is 1.80. The van der Waals surface area contributed by atoms with E-state index in [9.17, 15) is 0 Å². The molecule has 2 nitrogen and oxygen atoms in total. The summed E-state index contributed by atoms with van der Waals surface area (Å²) in [6.45, 7) is 6.53. The Labute approximate surface area is 81.0 Å². The highest BCUT2D eigenvalue weighted by atomic mass is 16.5. The van der Waals surface area contributed by atoms with Crippen LogP contribution in [-0.2, 0) is 4.74 Å². The fourth-order valence-electron chi connectivity index (χ4n) is 2.27. The van der Waals surface area contributed by atoms with Crippen LogP contribution in [0.1, 0.15) is 33.1 Å². The van der Waals surface area contributed by atoms with Crippen molar-refractivity contribution in [2.45, 2.75) is 45.2 Å². The Kier molecular flexibility index (Phi) is 2.89. The van der Waals surface area contributed by atoms with E-state index in [0.717, 1.165) is 31.1 Å². The molecule has 1 saturated heterocycles. The molecule has 1 saturated carbocycles. The van der Waals surface area contributed by atoms with Gasteiger partial charge in [0.1, 0.15) is 0 Å². The first kappa shape index (κ1) is 9.47. The first-order chi connectivity index (χ1) is 6.27. The minimum atomic E-state index is 0.632. The molecule has 2 rings (SSSR count). The molecule has 0 amide bonds. The van der Waals surface area contributed by atoms with E-state index in [2.05, 4.69) is 19.2 Å². The molecule has 2 atom stereocenters. The van der Waals surface area contributed by atoms with Crippen molar-refractivity contribution >= 4 is 0 Å². The molecule has 2 aliphatic rings. The Balaban J connectivity index is 1.81. The maximum absolute atomic E-state index is 5.38. The third-order valence-corrected chi connectivity index (χ3v) is 3.21. The number of hydrogen-bond donors (Lipinski definition) is 1. The quantitative estimate of drug-likeness (QED) is 0.717. The predicted molar refractivity (Wildman–Crippen MR) is 53.7 cm³/mol. The molecule has 1 aliphatic heterocycles. The van der Waals surface area contributed by atoms with E-state index in [1.807, 2.05) is 0 Å². The van der Waals surface area contributed by atoms with Crippen LogP contribution >= 0.6 is 0 Å². The summed E-state index contributed by atoms with van der Waals surface area (Å²) in [5.74, 6) is 1.73. The normalized spacial score (nSPS) is 31.2. The zero-order valence-corrected chi connectivity index (χ0v) is 8.75. The van der Waals surface area contributed by atoms with Gasteiger partial charge in [-0.25, -0.2) is 0 Å². The third-order valence-electron chi connectivity index (χ3n) is 3.21. The summed E-state index contributed by atoms with van der Waals surface area (Å²) in [5.41, 5.74) is 0. The lowest BCUT2D eigenvalue weighted by molar-refractivity contribution is 0.184. The molecule has 2 fully saturated rings. The molecule has 0 spiro atoms. The summed E-state index contributed by atoms with van der Waals surface area (Å²) in [6, 6.07) is 1.37. The number of nitrogens with one attached hydrogen (secondary N) is 1. The standard InChI is InChI=1S/C11H21NO/c1-8(2)11(9-3-4-9)12-10-5-6-13-7-10/h8-12H,3-7H2,1-2H3. The van der Waals surface area contributed by atoms with Crippen molar-refractivity contribution in [1.82, 2.24) is 5.32 Å². The average Bonchev–Trinajstić information content (AvgIpc) is 2.79. The van der Waals surface area contributed by atoms with Crippen LogP contribution in [0.4, 0.5) is 0 Å². The first-order valence-electron chi connectivity index (χ1n) is 5.61. The van der Waals surface area contributed by atoms with Gasteiger partial charge in [-0.05, 0) is 31.1 Å². The molecule has 2 heteroatoms. The molecule has 1 N–H and O–H groups in total. The second kappa shape index (κ2) is 3.97. The second-order valence-corrected chi connectivity index (χ2v) is 4.83. The zero-order valence-electron chi connectivity index (χ0n) is 8.75. The van der Waals surface area contributed by atoms with Gasteiger partial charge in [-0.1, -0.05) is 13.8 Å². The van der Waals surface area contributed by atoms with E-state index in [0.29, 0.717) is 6.04 Å². The molecule has 0 aromatic carbocycles. The maximum atomic E-state index is 5.38. The summed E-state index contributed by atoms with van der Waals surface area (Å²) < 4.78 is 5.38. The van der Waals surface area contributed by atoms with Crippen LogP contribution in [0.5, 0.6) is 0 Å². The minimum Gasteiger partial charge on any atom is -0.380 e. The van der Waals surface area contributed by atoms with Crippen LogP contribution in [0.2, 0.25) is 0 Å². The Morgan fingerprint density at radius 2 is 2.00 bits per heavy atom. The average molecular weight is 183 g/mol. The van der Waals surface area contributed by atoms with Crippen LogP contribution in [0.25, 0.3) is 0 Å². The van der Waals surface area contributed by atoms with Gasteiger partial charge in [0, 0.05) is 18.7 Å². The Bertz CT molecular complexity index is 157. The summed E-state index contributed by atoms with van der Waals surface area (Å²) >= 11 is 0. The second-order valence-electron chi connectivity index (χ2n) is 4.83. The molecule has 76 valence electrons. The highest BCUT2D eigenvalue weighted by molar-refractivity contribution is 4.90. The molecule has 1 heterocycles. The van der Waals surface area contributed by atoms with Gasteiger partial charge in [0.25, 0.3) is 0 Å². The third kappa shape index (κ3) is 2.44. The van der Waals surface area contributed by atoms with Gasteiger partial charge >= 0.3 is 0 Å². The van der Waals surface area contributed by atoms with Crippen molar-refractivity contribution in [2.75, 3.05) is 13.2 Å². The maximum Gasteiger partial charge on any atom is 0.0620 e. The van der Waals surface area contributed by atoms with Crippen molar-refractivity contribution in [3.8, 4) is 0 Å². The molecule has 0 aromatic rings. The van der Waals surface area contributed by atoms with E-state index in [1.165, 1.54) is 19.3 Å². The van der Waals surface area contributed by atoms with Crippen LogP contribution < -0.4 is 5.32 Å². The fourth-order valence-corrected chi connectivity index (χ4v) is 2.27. The SMILES string of the molecule is CC(C)C(NC1CCOC1)C1CC1. The number of hydrogen-bond acceptors (Lipinski definition) is 2. The van der Waals surface area contributed by atoms with Crippen molar-refractivity contribution in [3.05, 3.63) is 0 Å². The molecule has 13 heavy (non-hydrogen) atoms. The van der Waals surface area contributed by atoms with E-state index >= 15 is 0 Å². The molecule has 1 aliphatic carbocycles. The molecular weight excluding hydrogens is 162 g/mol. The lowest BCUT2D eigenvalue weighted by atomic mass is 9.98. The van der Waals surface area contributed by atoms with Gasteiger partial charge in [0.05, 0.1) is 6.61 Å². The smallest absolute Gasteiger partial charge is 0.0620 e. The van der Waals surface area contributed by atoms with Crippen molar-refractivity contribution in [3.63, 3.8) is 0 Å². The molecule has 0 aromatic heterocycles. The Morgan fingerprint density at radius 3 is 2.46 bits per heavy atom. The van der Waals surface area contributed by atoms with Gasteiger partial charge in [0.2, 0.25) is 0 Å². The Morgan fingerprint density at radius 1 is 1.23 bits per heavy atom. The summed E-state index contributed by atoms with van der Waals surface area (Å²) in [4.78, 5) is 0. The molecular formula is C11H21NO. The summed E-state index contributed by atoms with van der Waals surface area (Å²) in [7, 11) is 0. The van der Waals surface area contributed by atoms with Crippen LogP contribution in [0.15, 0.2) is 0 Å². The monoisotopic (exact) mass is 183 g/mol.